The minimum absolute atomic E-state index is 0.0507. The largest absolute Gasteiger partial charge is 0.444 e. The minimum Gasteiger partial charge on any atom is -0.444 e. The average molecular weight is 612 g/mol. The van der Waals surface area contributed by atoms with Crippen LogP contribution in [0.3, 0.4) is 0 Å². The first-order valence-electron chi connectivity index (χ1n) is 14.1. The van der Waals surface area contributed by atoms with Crippen molar-refractivity contribution < 1.29 is 37.7 Å². The maximum absolute atomic E-state index is 16.3. The molecular formula is C31H38FN5O7. The van der Waals surface area contributed by atoms with Gasteiger partial charge in [-0.3, -0.25) is 20.9 Å². The molecule has 13 heteroatoms. The zero-order valence-corrected chi connectivity index (χ0v) is 26.1. The third-order valence-electron chi connectivity index (χ3n) is 6.51. The van der Waals surface area contributed by atoms with E-state index in [1.165, 1.54) is 30.7 Å². The molecule has 2 unspecified atom stereocenters. The van der Waals surface area contributed by atoms with E-state index < -0.39 is 41.4 Å². The number of anilines is 3. The Labute approximate surface area is 255 Å². The summed E-state index contributed by atoms with van der Waals surface area (Å²) in [6, 6.07) is 3.07. The quantitative estimate of drug-likeness (QED) is 0.259. The molecule has 2 atom stereocenters. The third kappa shape index (κ3) is 8.10. The van der Waals surface area contributed by atoms with Gasteiger partial charge in [0.2, 0.25) is 0 Å². The van der Waals surface area contributed by atoms with Crippen LogP contribution < -0.4 is 16.0 Å². The highest BCUT2D eigenvalue weighted by atomic mass is 19.1. The van der Waals surface area contributed by atoms with Crippen LogP contribution in [0.1, 0.15) is 54.0 Å². The van der Waals surface area contributed by atoms with Crippen LogP contribution in [0.5, 0.6) is 0 Å². The zero-order chi connectivity index (χ0) is 32.4. The molecule has 4 rings (SSSR count). The second kappa shape index (κ2) is 12.6. The number of halogens is 1. The lowest BCUT2D eigenvalue weighted by Crippen LogP contribution is -2.28. The number of benzene rings is 1. The van der Waals surface area contributed by atoms with Crippen molar-refractivity contribution in [3.05, 3.63) is 42.1 Å². The molecule has 3 aromatic rings. The van der Waals surface area contributed by atoms with Gasteiger partial charge >= 0.3 is 18.3 Å². The normalized spacial score (nSPS) is 16.8. The Morgan fingerprint density at radius 3 is 2.16 bits per heavy atom. The van der Waals surface area contributed by atoms with E-state index in [-0.39, 0.29) is 28.4 Å². The first-order valence-corrected chi connectivity index (χ1v) is 14.1. The molecule has 2 aromatic heterocycles. The van der Waals surface area contributed by atoms with Crippen molar-refractivity contribution in [3.63, 3.8) is 0 Å². The molecule has 1 saturated heterocycles. The number of fused-ring (bicyclic) bond motifs is 1. The van der Waals surface area contributed by atoms with Crippen molar-refractivity contribution in [3.8, 4) is 11.1 Å². The van der Waals surface area contributed by atoms with Crippen LogP contribution in [0.4, 0.5) is 36.0 Å². The van der Waals surface area contributed by atoms with Crippen LogP contribution in [0.25, 0.3) is 21.9 Å². The fraction of sp³-hybridized carbons (Fsp3) is 0.452. The van der Waals surface area contributed by atoms with Crippen molar-refractivity contribution in [1.29, 1.82) is 0 Å². The smallest absolute Gasteiger partial charge is 0.413 e. The number of pyridine rings is 2. The molecule has 0 saturated carbocycles. The molecule has 3 amide bonds. The Morgan fingerprint density at radius 2 is 1.55 bits per heavy atom. The Bertz CT molecular complexity index is 1580. The molecule has 3 heterocycles. The Hall–Kier alpha value is -4.52. The Kier molecular flexibility index (Phi) is 9.28. The first-order chi connectivity index (χ1) is 20.5. The number of ether oxygens (including phenoxy) is 4. The minimum atomic E-state index is -0.872. The molecular weight excluding hydrogens is 573 g/mol. The first kappa shape index (κ1) is 32.4. The van der Waals surface area contributed by atoms with E-state index in [2.05, 4.69) is 25.9 Å². The van der Waals surface area contributed by atoms with Crippen molar-refractivity contribution >= 4 is 46.2 Å². The third-order valence-corrected chi connectivity index (χ3v) is 6.51. The van der Waals surface area contributed by atoms with E-state index in [1.54, 1.807) is 48.5 Å². The molecule has 1 fully saturated rings. The lowest BCUT2D eigenvalue weighted by atomic mass is 9.97. The lowest BCUT2D eigenvalue weighted by molar-refractivity contribution is 0.0624. The van der Waals surface area contributed by atoms with Crippen LogP contribution in [0, 0.1) is 18.7 Å². The summed E-state index contributed by atoms with van der Waals surface area (Å²) in [6.45, 7) is 14.7. The van der Waals surface area contributed by atoms with Crippen LogP contribution in [-0.4, -0.2) is 58.8 Å². The number of aromatic nitrogens is 2. The van der Waals surface area contributed by atoms with Gasteiger partial charge in [0.15, 0.2) is 5.82 Å². The average Bonchev–Trinajstić information content (AvgIpc) is 3.28. The molecule has 44 heavy (non-hydrogen) atoms. The molecule has 3 N–H and O–H groups in total. The van der Waals surface area contributed by atoms with E-state index in [1.807, 2.05) is 6.92 Å². The molecule has 0 aliphatic carbocycles. The highest BCUT2D eigenvalue weighted by molar-refractivity contribution is 6.04. The summed E-state index contributed by atoms with van der Waals surface area (Å²) in [5, 5.41) is 8.45. The number of nitrogens with zero attached hydrogens (tertiary/aromatic N) is 2. The maximum atomic E-state index is 16.3. The second-order valence-corrected chi connectivity index (χ2v) is 12.6. The molecule has 1 aliphatic heterocycles. The standard InChI is InChI=1S/C31H38FN5O7/c1-16-14-41-15-23(16)42-27(38)36-24-10-18-9-19(20-11-33-13-22(17(20)2)35-28(39)43-30(3,4)5)25(32)26(21(18)12-34-24)37-29(40)44-31(6,7)8/h9-13,16,23H,14-15H2,1-8H3,(H,35,39)(H,37,40)(H,34,36,38). The fourth-order valence-electron chi connectivity index (χ4n) is 4.46. The predicted octanol–water partition coefficient (Wildman–Crippen LogP) is 7.02. The number of carbonyl (C=O) groups excluding carboxylic acids is 3. The summed E-state index contributed by atoms with van der Waals surface area (Å²) in [7, 11) is 0. The monoisotopic (exact) mass is 611 g/mol. The molecule has 0 bridgehead atoms. The van der Waals surface area contributed by atoms with Crippen molar-refractivity contribution in [2.24, 2.45) is 5.92 Å². The Balaban J connectivity index is 1.75. The van der Waals surface area contributed by atoms with Gasteiger partial charge < -0.3 is 18.9 Å². The SMILES string of the molecule is Cc1c(NC(=O)OC(C)(C)C)cncc1-c1cc2cc(NC(=O)OC3COCC3C)ncc2c(NC(=O)OC(C)(C)C)c1F. The van der Waals surface area contributed by atoms with Crippen LogP contribution in [0.15, 0.2) is 30.7 Å². The van der Waals surface area contributed by atoms with Gasteiger partial charge in [0.25, 0.3) is 0 Å². The number of amides is 3. The number of carbonyl (C=O) groups is 3. The summed E-state index contributed by atoms with van der Waals surface area (Å²) >= 11 is 0. The fourth-order valence-corrected chi connectivity index (χ4v) is 4.46. The van der Waals surface area contributed by atoms with E-state index >= 15 is 4.39 Å². The topological polar surface area (TPSA) is 150 Å². The summed E-state index contributed by atoms with van der Waals surface area (Å²) < 4.78 is 37.8. The highest BCUT2D eigenvalue weighted by Gasteiger charge is 2.28. The van der Waals surface area contributed by atoms with Crippen molar-refractivity contribution in [2.75, 3.05) is 29.2 Å². The summed E-state index contributed by atoms with van der Waals surface area (Å²) in [6.07, 6.45) is 1.53. The molecule has 0 spiro atoms. The predicted molar refractivity (Wildman–Crippen MR) is 163 cm³/mol. The Morgan fingerprint density at radius 1 is 0.886 bits per heavy atom. The zero-order valence-electron chi connectivity index (χ0n) is 26.1. The summed E-state index contributed by atoms with van der Waals surface area (Å²) in [4.78, 5) is 46.2. The van der Waals surface area contributed by atoms with Gasteiger partial charge in [0, 0.05) is 34.8 Å². The van der Waals surface area contributed by atoms with Gasteiger partial charge in [0.1, 0.15) is 23.1 Å². The molecule has 0 radical (unpaired) electrons. The molecule has 236 valence electrons. The molecule has 1 aromatic carbocycles. The lowest BCUT2D eigenvalue weighted by Gasteiger charge is -2.22. The van der Waals surface area contributed by atoms with E-state index in [0.29, 0.717) is 35.4 Å². The van der Waals surface area contributed by atoms with Gasteiger partial charge in [-0.2, -0.15) is 0 Å². The highest BCUT2D eigenvalue weighted by Crippen LogP contribution is 2.38. The van der Waals surface area contributed by atoms with Gasteiger partial charge in [-0.05, 0) is 71.5 Å². The van der Waals surface area contributed by atoms with Gasteiger partial charge in [-0.15, -0.1) is 0 Å². The van der Waals surface area contributed by atoms with E-state index in [9.17, 15) is 14.4 Å². The van der Waals surface area contributed by atoms with Crippen LogP contribution >= 0.6 is 0 Å². The number of nitrogens with one attached hydrogen (secondary N) is 3. The van der Waals surface area contributed by atoms with E-state index in [4.69, 9.17) is 18.9 Å². The van der Waals surface area contributed by atoms with Gasteiger partial charge in [0.05, 0.1) is 30.8 Å². The molecule has 1 aliphatic rings. The number of hydrogen-bond donors (Lipinski definition) is 3. The summed E-state index contributed by atoms with van der Waals surface area (Å²) in [5.74, 6) is -0.584. The number of rotatable bonds is 5. The summed E-state index contributed by atoms with van der Waals surface area (Å²) in [5.41, 5.74) is -0.544. The van der Waals surface area contributed by atoms with E-state index in [0.717, 1.165) is 0 Å². The molecule has 12 nitrogen and oxygen atoms in total. The van der Waals surface area contributed by atoms with Crippen molar-refractivity contribution in [1.82, 2.24) is 9.97 Å². The maximum Gasteiger partial charge on any atom is 0.413 e. The second-order valence-electron chi connectivity index (χ2n) is 12.6. The van der Waals surface area contributed by atoms with Gasteiger partial charge in [-0.25, -0.2) is 23.8 Å². The van der Waals surface area contributed by atoms with Crippen LogP contribution in [-0.2, 0) is 18.9 Å². The van der Waals surface area contributed by atoms with Crippen LogP contribution in [0.2, 0.25) is 0 Å². The number of hydrogen-bond acceptors (Lipinski definition) is 9. The van der Waals surface area contributed by atoms with Crippen molar-refractivity contribution in [2.45, 2.75) is 72.7 Å². The van der Waals surface area contributed by atoms with Gasteiger partial charge in [-0.1, -0.05) is 6.92 Å².